The lowest BCUT2D eigenvalue weighted by Gasteiger charge is -2.25. The summed E-state index contributed by atoms with van der Waals surface area (Å²) < 4.78 is 0. The standard InChI is InChI=1S/C16H23ClN2/c1-13(14-3-2-4-15(17)9-14)10-19-8-6-16(12-19)5-7-18-11-16/h2-4,9,13,18H,5-8,10-12H2,1H3. The summed E-state index contributed by atoms with van der Waals surface area (Å²) in [6.45, 7) is 8.41. The lowest BCUT2D eigenvalue weighted by Crippen LogP contribution is -2.31. The molecule has 2 aliphatic rings. The molecule has 2 heterocycles. The topological polar surface area (TPSA) is 15.3 Å². The van der Waals surface area contributed by atoms with Crippen molar-refractivity contribution in [2.24, 2.45) is 5.41 Å². The van der Waals surface area contributed by atoms with Crippen LogP contribution >= 0.6 is 11.6 Å². The van der Waals surface area contributed by atoms with Gasteiger partial charge in [-0.2, -0.15) is 0 Å². The van der Waals surface area contributed by atoms with E-state index in [1.54, 1.807) is 0 Å². The number of benzene rings is 1. The normalized spacial score (nSPS) is 29.2. The molecular weight excluding hydrogens is 256 g/mol. The number of halogens is 1. The lowest BCUT2D eigenvalue weighted by molar-refractivity contribution is 0.265. The fourth-order valence-corrected chi connectivity index (χ4v) is 3.83. The summed E-state index contributed by atoms with van der Waals surface area (Å²) in [7, 11) is 0. The average Bonchev–Trinajstić information content (AvgIpc) is 3.00. The third-order valence-electron chi connectivity index (χ3n) is 4.80. The van der Waals surface area contributed by atoms with Crippen LogP contribution in [0.4, 0.5) is 0 Å². The zero-order chi connectivity index (χ0) is 13.3. The van der Waals surface area contributed by atoms with Crippen molar-refractivity contribution in [2.75, 3.05) is 32.7 Å². The van der Waals surface area contributed by atoms with E-state index < -0.39 is 0 Å². The minimum absolute atomic E-state index is 0.559. The molecule has 104 valence electrons. The van der Waals surface area contributed by atoms with E-state index in [0.29, 0.717) is 11.3 Å². The third kappa shape index (κ3) is 2.96. The molecule has 2 unspecified atom stereocenters. The molecule has 0 radical (unpaired) electrons. The fourth-order valence-electron chi connectivity index (χ4n) is 3.63. The Morgan fingerprint density at radius 1 is 1.42 bits per heavy atom. The van der Waals surface area contributed by atoms with Crippen molar-refractivity contribution in [3.63, 3.8) is 0 Å². The van der Waals surface area contributed by atoms with E-state index in [1.807, 2.05) is 6.07 Å². The SMILES string of the molecule is CC(CN1CCC2(CCNC2)C1)c1cccc(Cl)c1. The molecule has 1 spiro atoms. The lowest BCUT2D eigenvalue weighted by atomic mass is 9.86. The molecule has 1 N–H and O–H groups in total. The highest BCUT2D eigenvalue weighted by Gasteiger charge is 2.40. The summed E-state index contributed by atoms with van der Waals surface area (Å²) in [5.74, 6) is 0.559. The number of hydrogen-bond acceptors (Lipinski definition) is 2. The zero-order valence-corrected chi connectivity index (χ0v) is 12.4. The number of hydrogen-bond donors (Lipinski definition) is 1. The zero-order valence-electron chi connectivity index (χ0n) is 11.7. The van der Waals surface area contributed by atoms with Crippen molar-refractivity contribution in [2.45, 2.75) is 25.7 Å². The largest absolute Gasteiger partial charge is 0.316 e. The molecule has 0 bridgehead atoms. The van der Waals surface area contributed by atoms with E-state index in [2.05, 4.69) is 35.3 Å². The Morgan fingerprint density at radius 2 is 2.32 bits per heavy atom. The summed E-state index contributed by atoms with van der Waals surface area (Å²) in [6, 6.07) is 8.31. The minimum atomic E-state index is 0.559. The molecule has 2 nitrogen and oxygen atoms in total. The van der Waals surface area contributed by atoms with Gasteiger partial charge in [-0.25, -0.2) is 0 Å². The quantitative estimate of drug-likeness (QED) is 0.914. The molecule has 0 saturated carbocycles. The smallest absolute Gasteiger partial charge is 0.0408 e. The molecule has 19 heavy (non-hydrogen) atoms. The van der Waals surface area contributed by atoms with E-state index in [9.17, 15) is 0 Å². The molecule has 2 saturated heterocycles. The van der Waals surface area contributed by atoms with Crippen LogP contribution in [0.2, 0.25) is 5.02 Å². The number of nitrogens with zero attached hydrogens (tertiary/aromatic N) is 1. The van der Waals surface area contributed by atoms with E-state index in [1.165, 1.54) is 44.6 Å². The first-order valence-corrected chi connectivity index (χ1v) is 7.73. The minimum Gasteiger partial charge on any atom is -0.316 e. The Hall–Kier alpha value is -0.570. The Bertz CT molecular complexity index is 440. The van der Waals surface area contributed by atoms with Crippen LogP contribution in [0, 0.1) is 5.41 Å². The van der Waals surface area contributed by atoms with Crippen molar-refractivity contribution >= 4 is 11.6 Å². The van der Waals surface area contributed by atoms with Crippen molar-refractivity contribution in [1.29, 1.82) is 0 Å². The first-order chi connectivity index (χ1) is 9.17. The van der Waals surface area contributed by atoms with Gasteiger partial charge in [0.1, 0.15) is 0 Å². The molecular formula is C16H23ClN2. The van der Waals surface area contributed by atoms with Crippen LogP contribution in [0.5, 0.6) is 0 Å². The van der Waals surface area contributed by atoms with Gasteiger partial charge >= 0.3 is 0 Å². The number of nitrogens with one attached hydrogen (secondary N) is 1. The summed E-state index contributed by atoms with van der Waals surface area (Å²) in [5, 5.41) is 4.37. The highest BCUT2D eigenvalue weighted by atomic mass is 35.5. The van der Waals surface area contributed by atoms with Gasteiger partial charge in [-0.15, -0.1) is 0 Å². The Kier molecular flexibility index (Phi) is 3.84. The van der Waals surface area contributed by atoms with E-state index in [4.69, 9.17) is 11.6 Å². The van der Waals surface area contributed by atoms with E-state index in [0.717, 1.165) is 11.6 Å². The molecule has 0 amide bonds. The summed E-state index contributed by atoms with van der Waals surface area (Å²) in [6.07, 6.45) is 2.72. The highest BCUT2D eigenvalue weighted by Crippen LogP contribution is 2.36. The van der Waals surface area contributed by atoms with Gasteiger partial charge in [-0.05, 0) is 55.0 Å². The molecule has 1 aromatic carbocycles. The number of likely N-dealkylation sites (tertiary alicyclic amines) is 1. The Morgan fingerprint density at radius 3 is 3.05 bits per heavy atom. The maximum atomic E-state index is 6.08. The van der Waals surface area contributed by atoms with Crippen LogP contribution in [0.15, 0.2) is 24.3 Å². The maximum Gasteiger partial charge on any atom is 0.0408 e. The van der Waals surface area contributed by atoms with Gasteiger partial charge in [0.2, 0.25) is 0 Å². The molecule has 3 rings (SSSR count). The molecule has 2 fully saturated rings. The van der Waals surface area contributed by atoms with Crippen LogP contribution in [-0.4, -0.2) is 37.6 Å². The average molecular weight is 279 g/mol. The second-order valence-electron chi connectivity index (χ2n) is 6.37. The van der Waals surface area contributed by atoms with E-state index in [-0.39, 0.29) is 0 Å². The van der Waals surface area contributed by atoms with Gasteiger partial charge in [0, 0.05) is 24.7 Å². The fraction of sp³-hybridized carbons (Fsp3) is 0.625. The van der Waals surface area contributed by atoms with Crippen LogP contribution in [0.25, 0.3) is 0 Å². The van der Waals surface area contributed by atoms with Gasteiger partial charge in [-0.3, -0.25) is 0 Å². The monoisotopic (exact) mass is 278 g/mol. The van der Waals surface area contributed by atoms with Crippen LogP contribution in [-0.2, 0) is 0 Å². The Labute approximate surface area is 121 Å². The highest BCUT2D eigenvalue weighted by molar-refractivity contribution is 6.30. The van der Waals surface area contributed by atoms with Gasteiger partial charge in [-0.1, -0.05) is 30.7 Å². The summed E-state index contributed by atoms with van der Waals surface area (Å²) in [4.78, 5) is 2.64. The molecule has 2 atom stereocenters. The molecule has 3 heteroatoms. The van der Waals surface area contributed by atoms with E-state index >= 15 is 0 Å². The van der Waals surface area contributed by atoms with Gasteiger partial charge in [0.15, 0.2) is 0 Å². The second-order valence-corrected chi connectivity index (χ2v) is 6.80. The van der Waals surface area contributed by atoms with Crippen molar-refractivity contribution in [1.82, 2.24) is 10.2 Å². The number of rotatable bonds is 3. The summed E-state index contributed by atoms with van der Waals surface area (Å²) in [5.41, 5.74) is 1.94. The molecule has 2 aliphatic heterocycles. The molecule has 0 aromatic heterocycles. The molecule has 0 aliphatic carbocycles. The van der Waals surface area contributed by atoms with Crippen molar-refractivity contribution in [3.05, 3.63) is 34.9 Å². The van der Waals surface area contributed by atoms with Gasteiger partial charge in [0.25, 0.3) is 0 Å². The maximum absolute atomic E-state index is 6.08. The van der Waals surface area contributed by atoms with Crippen LogP contribution in [0.3, 0.4) is 0 Å². The third-order valence-corrected chi connectivity index (χ3v) is 5.03. The predicted molar refractivity (Wildman–Crippen MR) is 80.8 cm³/mol. The van der Waals surface area contributed by atoms with Crippen molar-refractivity contribution in [3.8, 4) is 0 Å². The predicted octanol–water partition coefficient (Wildman–Crippen LogP) is 3.13. The first-order valence-electron chi connectivity index (χ1n) is 7.35. The van der Waals surface area contributed by atoms with Crippen molar-refractivity contribution < 1.29 is 0 Å². The first kappa shape index (κ1) is 13.4. The summed E-state index contributed by atoms with van der Waals surface area (Å²) >= 11 is 6.08. The van der Waals surface area contributed by atoms with Crippen LogP contribution < -0.4 is 5.32 Å². The second kappa shape index (κ2) is 5.43. The van der Waals surface area contributed by atoms with Crippen LogP contribution in [0.1, 0.15) is 31.2 Å². The van der Waals surface area contributed by atoms with Gasteiger partial charge in [0.05, 0.1) is 0 Å². The van der Waals surface area contributed by atoms with Gasteiger partial charge < -0.3 is 10.2 Å². The Balaban J connectivity index is 1.60. The molecule has 1 aromatic rings.